The van der Waals surface area contributed by atoms with Gasteiger partial charge in [-0.15, -0.1) is 0 Å². The van der Waals surface area contributed by atoms with Crippen molar-refractivity contribution in [3.63, 3.8) is 0 Å². The Morgan fingerprint density at radius 3 is 1.44 bits per heavy atom. The topological polar surface area (TPSA) is 35.5 Å². The summed E-state index contributed by atoms with van der Waals surface area (Å²) in [5.74, 6) is 2.42. The van der Waals surface area contributed by atoms with Crippen LogP contribution in [0.15, 0.2) is 48.5 Å². The van der Waals surface area contributed by atoms with E-state index in [4.69, 9.17) is 9.05 Å². The molecule has 0 radical (unpaired) electrons. The average molecular weight is 487 g/mol. The largest absolute Gasteiger partial charge is 0.430 e. The maximum Gasteiger partial charge on any atom is 0.430 e. The van der Waals surface area contributed by atoms with E-state index < -0.39 is 7.60 Å². The van der Waals surface area contributed by atoms with E-state index >= 15 is 0 Å². The Balaban J connectivity index is 2.23. The summed E-state index contributed by atoms with van der Waals surface area (Å²) in [7, 11) is -3.41. The van der Waals surface area contributed by atoms with Gasteiger partial charge in [-0.25, -0.2) is 4.57 Å². The quantitative estimate of drug-likeness (QED) is 0.264. The Kier molecular flexibility index (Phi) is 10.8. The van der Waals surface area contributed by atoms with E-state index in [9.17, 15) is 4.57 Å². The Bertz CT molecular complexity index is 835. The van der Waals surface area contributed by atoms with Gasteiger partial charge in [-0.05, 0) is 77.8 Å². The number of rotatable bonds is 13. The van der Waals surface area contributed by atoms with Gasteiger partial charge < -0.3 is 9.05 Å². The maximum atomic E-state index is 14.0. The first-order valence-corrected chi connectivity index (χ1v) is 14.9. The summed E-state index contributed by atoms with van der Waals surface area (Å²) < 4.78 is 26.3. The summed E-state index contributed by atoms with van der Waals surface area (Å²) in [5.41, 5.74) is 2.71. The molecule has 0 spiro atoms. The summed E-state index contributed by atoms with van der Waals surface area (Å²) >= 11 is 0. The van der Waals surface area contributed by atoms with Crippen LogP contribution in [0.3, 0.4) is 0 Å². The highest BCUT2D eigenvalue weighted by molar-refractivity contribution is 7.54. The molecule has 0 amide bonds. The molecular formula is C30H47O3P. The van der Waals surface area contributed by atoms with Gasteiger partial charge in [0.2, 0.25) is 0 Å². The highest BCUT2D eigenvalue weighted by Crippen LogP contribution is 2.51. The van der Waals surface area contributed by atoms with Gasteiger partial charge in [0.05, 0.1) is 6.16 Å². The molecule has 0 aliphatic rings. The molecule has 0 heterocycles. The number of hydrogen-bond acceptors (Lipinski definition) is 3. The van der Waals surface area contributed by atoms with E-state index in [2.05, 4.69) is 79.7 Å². The van der Waals surface area contributed by atoms with Gasteiger partial charge in [0, 0.05) is 0 Å². The molecule has 0 aromatic heterocycles. The SMILES string of the molecule is CCC[C@@H](C)c1ccc(OP(=O)(C[C@@H](C)CC(C)(C)C)Oc2ccc([C@@H](C)CCC)cc2)cc1. The van der Waals surface area contributed by atoms with Crippen molar-refractivity contribution in [2.24, 2.45) is 11.3 Å². The minimum atomic E-state index is -3.41. The monoisotopic (exact) mass is 486 g/mol. The molecule has 0 saturated carbocycles. The van der Waals surface area contributed by atoms with Crippen LogP contribution >= 0.6 is 7.60 Å². The van der Waals surface area contributed by atoms with Gasteiger partial charge in [-0.1, -0.05) is 92.5 Å². The molecule has 190 valence electrons. The van der Waals surface area contributed by atoms with Gasteiger partial charge in [-0.2, -0.15) is 0 Å². The van der Waals surface area contributed by atoms with Crippen LogP contribution in [-0.2, 0) is 4.57 Å². The van der Waals surface area contributed by atoms with Crippen LogP contribution < -0.4 is 9.05 Å². The maximum absolute atomic E-state index is 14.0. The first-order valence-electron chi connectivity index (χ1n) is 13.1. The van der Waals surface area contributed by atoms with E-state index in [1.165, 1.54) is 11.1 Å². The molecule has 1 unspecified atom stereocenters. The highest BCUT2D eigenvalue weighted by atomic mass is 31.2. The molecular weight excluding hydrogens is 439 g/mol. The Hall–Kier alpha value is -1.73. The molecule has 0 fully saturated rings. The zero-order valence-electron chi connectivity index (χ0n) is 22.8. The molecule has 2 aromatic carbocycles. The van der Waals surface area contributed by atoms with Gasteiger partial charge in [-0.3, -0.25) is 0 Å². The van der Waals surface area contributed by atoms with Crippen molar-refractivity contribution >= 4 is 7.60 Å². The first-order chi connectivity index (χ1) is 15.9. The van der Waals surface area contributed by atoms with Crippen molar-refractivity contribution in [3.05, 3.63) is 59.7 Å². The molecule has 3 nitrogen and oxygen atoms in total. The Morgan fingerprint density at radius 1 is 0.735 bits per heavy atom. The average Bonchev–Trinajstić information content (AvgIpc) is 2.73. The molecule has 4 atom stereocenters. The predicted octanol–water partition coefficient (Wildman–Crippen LogP) is 10.2. The van der Waals surface area contributed by atoms with Crippen LogP contribution in [0.2, 0.25) is 0 Å². The lowest BCUT2D eigenvalue weighted by atomic mass is 9.86. The minimum Gasteiger partial charge on any atom is -0.416 e. The summed E-state index contributed by atoms with van der Waals surface area (Å²) in [6.07, 6.45) is 5.95. The third kappa shape index (κ3) is 9.49. The van der Waals surface area contributed by atoms with Crippen LogP contribution in [0.25, 0.3) is 0 Å². The summed E-state index contributed by atoms with van der Waals surface area (Å²) in [4.78, 5) is 0. The fourth-order valence-electron chi connectivity index (χ4n) is 4.82. The van der Waals surface area contributed by atoms with E-state index in [-0.39, 0.29) is 11.3 Å². The molecule has 0 bridgehead atoms. The molecule has 4 heteroatoms. The molecule has 0 saturated heterocycles. The predicted molar refractivity (Wildman–Crippen MR) is 146 cm³/mol. The third-order valence-electron chi connectivity index (χ3n) is 6.33. The van der Waals surface area contributed by atoms with Crippen LogP contribution in [0, 0.1) is 11.3 Å². The molecule has 0 aliphatic carbocycles. The van der Waals surface area contributed by atoms with E-state index in [1.807, 2.05) is 24.3 Å². The number of hydrogen-bond donors (Lipinski definition) is 0. The van der Waals surface area contributed by atoms with E-state index in [1.54, 1.807) is 0 Å². The standard InChI is InChI=1S/C30H47O3P/c1-9-11-24(4)26-13-17-28(18-14-26)32-34(31,22-23(3)21-30(6,7)8)33-29-19-15-27(16-20-29)25(5)12-10-2/h13-20,23-25H,9-12,21-22H2,1-8H3/t23-,24-,25+,34?/m0/s1. The normalized spacial score (nSPS) is 16.4. The minimum absolute atomic E-state index is 0.151. The smallest absolute Gasteiger partial charge is 0.416 e. The van der Waals surface area contributed by atoms with Crippen LogP contribution in [0.5, 0.6) is 11.5 Å². The van der Waals surface area contributed by atoms with E-state index in [0.717, 1.165) is 32.1 Å². The molecule has 2 aromatic rings. The van der Waals surface area contributed by atoms with Crippen molar-refractivity contribution in [2.45, 2.75) is 99.3 Å². The second-order valence-electron chi connectivity index (χ2n) is 11.4. The van der Waals surface area contributed by atoms with Gasteiger partial charge >= 0.3 is 7.60 Å². The highest BCUT2D eigenvalue weighted by Gasteiger charge is 2.32. The lowest BCUT2D eigenvalue weighted by molar-refractivity contribution is 0.308. The van der Waals surface area contributed by atoms with Crippen molar-refractivity contribution in [2.75, 3.05) is 6.16 Å². The molecule has 2 rings (SSSR count). The molecule has 0 aliphatic heterocycles. The van der Waals surface area contributed by atoms with Gasteiger partial charge in [0.25, 0.3) is 0 Å². The molecule has 0 N–H and O–H groups in total. The van der Waals surface area contributed by atoms with Gasteiger partial charge in [0.15, 0.2) is 0 Å². The fourth-order valence-corrected chi connectivity index (χ4v) is 6.78. The summed E-state index contributed by atoms with van der Waals surface area (Å²) in [5, 5.41) is 0. The van der Waals surface area contributed by atoms with E-state index in [0.29, 0.717) is 29.5 Å². The lowest BCUT2D eigenvalue weighted by Crippen LogP contribution is -2.17. The van der Waals surface area contributed by atoms with Crippen LogP contribution in [0.4, 0.5) is 0 Å². The lowest BCUT2D eigenvalue weighted by Gasteiger charge is -2.27. The summed E-state index contributed by atoms with van der Waals surface area (Å²) in [6, 6.07) is 16.1. The fraction of sp³-hybridized carbons (Fsp3) is 0.600. The second-order valence-corrected chi connectivity index (χ2v) is 13.3. The zero-order valence-corrected chi connectivity index (χ0v) is 23.7. The van der Waals surface area contributed by atoms with Gasteiger partial charge in [0.1, 0.15) is 11.5 Å². The Morgan fingerprint density at radius 2 is 1.12 bits per heavy atom. The second kappa shape index (κ2) is 12.8. The van der Waals surface area contributed by atoms with Crippen molar-refractivity contribution in [1.82, 2.24) is 0 Å². The summed E-state index contributed by atoms with van der Waals surface area (Å²) in [6.45, 7) is 17.7. The number of benzene rings is 2. The zero-order chi connectivity index (χ0) is 25.4. The first kappa shape index (κ1) is 28.5. The van der Waals surface area contributed by atoms with Crippen molar-refractivity contribution in [1.29, 1.82) is 0 Å². The third-order valence-corrected chi connectivity index (χ3v) is 8.38. The van der Waals surface area contributed by atoms with Crippen molar-refractivity contribution in [3.8, 4) is 11.5 Å². The molecule has 34 heavy (non-hydrogen) atoms. The van der Waals surface area contributed by atoms with Crippen molar-refractivity contribution < 1.29 is 13.6 Å². The van der Waals surface area contributed by atoms with Crippen LogP contribution in [-0.4, -0.2) is 6.16 Å². The van der Waals surface area contributed by atoms with Crippen LogP contribution in [0.1, 0.15) is 110 Å². The Labute approximate surface area is 209 Å².